The quantitative estimate of drug-likeness (QED) is 0.705. The number of amides is 2. The maximum Gasteiger partial charge on any atom is 0.289 e. The van der Waals surface area contributed by atoms with Gasteiger partial charge in [0, 0.05) is 26.1 Å². The summed E-state index contributed by atoms with van der Waals surface area (Å²) in [5.41, 5.74) is -2.05. The predicted octanol–water partition coefficient (Wildman–Crippen LogP) is -0.785. The number of alkyl halides is 2. The monoisotopic (exact) mass is 275 g/mol. The van der Waals surface area contributed by atoms with Crippen LogP contribution in [0.2, 0.25) is 0 Å². The molecule has 98 valence electrons. The highest BCUT2D eigenvalue weighted by Gasteiger charge is 2.22. The largest absolute Gasteiger partial charge is 0.352 e. The summed E-state index contributed by atoms with van der Waals surface area (Å²) in [5, 5.41) is 12.6. The van der Waals surface area contributed by atoms with Crippen molar-refractivity contribution >= 4 is 23.4 Å². The molecule has 0 saturated carbocycles. The Bertz CT molecular complexity index is 476. The van der Waals surface area contributed by atoms with Crippen molar-refractivity contribution in [3.05, 3.63) is 11.6 Å². The van der Waals surface area contributed by atoms with Gasteiger partial charge in [0.25, 0.3) is 17.4 Å². The van der Waals surface area contributed by atoms with Crippen LogP contribution in [0.25, 0.3) is 0 Å². The average molecular weight is 276 g/mol. The number of rotatable bonds is 4. The van der Waals surface area contributed by atoms with Crippen molar-refractivity contribution in [2.45, 2.75) is 18.6 Å². The summed E-state index contributed by atoms with van der Waals surface area (Å²) >= 11 is 4.96. The van der Waals surface area contributed by atoms with Crippen molar-refractivity contribution in [1.29, 1.82) is 0 Å². The molecule has 1 aromatic heterocycles. The second-order valence-electron chi connectivity index (χ2n) is 3.69. The third-order valence-electron chi connectivity index (χ3n) is 2.50. The van der Waals surface area contributed by atoms with E-state index in [1.165, 1.54) is 0 Å². The number of nitrogens with one attached hydrogen (secondary N) is 2. The molecule has 1 atom stereocenters. The van der Waals surface area contributed by atoms with Crippen molar-refractivity contribution < 1.29 is 14.0 Å². The van der Waals surface area contributed by atoms with Gasteiger partial charge in [-0.15, -0.1) is 10.2 Å². The molecule has 18 heavy (non-hydrogen) atoms. The Morgan fingerprint density at radius 3 is 3.11 bits per heavy atom. The third-order valence-corrected chi connectivity index (χ3v) is 2.70. The fourth-order valence-corrected chi connectivity index (χ4v) is 1.74. The normalized spacial score (nSPS) is 15.8. The summed E-state index contributed by atoms with van der Waals surface area (Å²) < 4.78 is 14.0. The first-order valence-corrected chi connectivity index (χ1v) is 5.79. The van der Waals surface area contributed by atoms with Crippen LogP contribution < -0.4 is 10.6 Å². The highest BCUT2D eigenvalue weighted by atomic mass is 35.5. The SMILES string of the molecule is O=C1NCCn2c(CCNC(=O)C(F)Cl)nnc21. The van der Waals surface area contributed by atoms with E-state index in [4.69, 9.17) is 11.6 Å². The number of nitrogens with zero attached hydrogens (tertiary/aromatic N) is 3. The topological polar surface area (TPSA) is 88.9 Å². The van der Waals surface area contributed by atoms with E-state index in [-0.39, 0.29) is 18.3 Å². The highest BCUT2D eigenvalue weighted by Crippen LogP contribution is 2.06. The molecule has 2 N–H and O–H groups in total. The summed E-state index contributed by atoms with van der Waals surface area (Å²) in [6, 6.07) is 0. The van der Waals surface area contributed by atoms with Crippen LogP contribution in [0.3, 0.4) is 0 Å². The Kier molecular flexibility index (Phi) is 3.75. The molecule has 2 amide bonds. The zero-order chi connectivity index (χ0) is 13.1. The number of fused-ring (bicyclic) bond motifs is 1. The van der Waals surface area contributed by atoms with Crippen LogP contribution in [0.4, 0.5) is 4.39 Å². The van der Waals surface area contributed by atoms with Crippen molar-refractivity contribution in [2.75, 3.05) is 13.1 Å². The van der Waals surface area contributed by atoms with Crippen molar-refractivity contribution in [2.24, 2.45) is 0 Å². The number of halogens is 2. The van der Waals surface area contributed by atoms with E-state index < -0.39 is 11.5 Å². The van der Waals surface area contributed by atoms with Crippen molar-refractivity contribution in [3.8, 4) is 0 Å². The van der Waals surface area contributed by atoms with Gasteiger partial charge >= 0.3 is 0 Å². The number of carbonyl (C=O) groups is 2. The maximum atomic E-state index is 12.4. The van der Waals surface area contributed by atoms with Gasteiger partial charge in [0.15, 0.2) is 0 Å². The predicted molar refractivity (Wildman–Crippen MR) is 59.8 cm³/mol. The first kappa shape index (κ1) is 12.7. The summed E-state index contributed by atoms with van der Waals surface area (Å²) in [6.45, 7) is 1.28. The fourth-order valence-electron chi connectivity index (χ4n) is 1.66. The molecule has 0 saturated heterocycles. The van der Waals surface area contributed by atoms with E-state index in [9.17, 15) is 14.0 Å². The summed E-state index contributed by atoms with van der Waals surface area (Å²) in [4.78, 5) is 22.3. The number of hydrogen-bond donors (Lipinski definition) is 2. The van der Waals surface area contributed by atoms with Crippen LogP contribution in [0, 0.1) is 0 Å². The highest BCUT2D eigenvalue weighted by molar-refractivity contribution is 6.29. The lowest BCUT2D eigenvalue weighted by Gasteiger charge is -2.15. The van der Waals surface area contributed by atoms with E-state index in [0.717, 1.165) is 0 Å². The Hall–Kier alpha value is -1.70. The van der Waals surface area contributed by atoms with Gasteiger partial charge in [-0.2, -0.15) is 0 Å². The number of hydrogen-bond acceptors (Lipinski definition) is 4. The Labute approximate surface area is 107 Å². The lowest BCUT2D eigenvalue weighted by atomic mass is 10.3. The Balaban J connectivity index is 1.95. The van der Waals surface area contributed by atoms with Gasteiger partial charge in [0.2, 0.25) is 5.82 Å². The van der Waals surface area contributed by atoms with Gasteiger partial charge < -0.3 is 15.2 Å². The van der Waals surface area contributed by atoms with Crippen LogP contribution in [0.5, 0.6) is 0 Å². The molecule has 0 aromatic carbocycles. The van der Waals surface area contributed by atoms with Crippen LogP contribution in [0.15, 0.2) is 0 Å². The molecule has 0 radical (unpaired) electrons. The van der Waals surface area contributed by atoms with Crippen molar-refractivity contribution in [1.82, 2.24) is 25.4 Å². The minimum atomic E-state index is -2.05. The molecule has 1 unspecified atom stereocenters. The van der Waals surface area contributed by atoms with E-state index in [0.29, 0.717) is 25.3 Å². The number of carbonyl (C=O) groups excluding carboxylic acids is 2. The molecule has 0 fully saturated rings. The molecule has 0 spiro atoms. The molecule has 1 aromatic rings. The van der Waals surface area contributed by atoms with E-state index in [1.807, 2.05) is 0 Å². The van der Waals surface area contributed by atoms with Crippen LogP contribution >= 0.6 is 11.6 Å². The zero-order valence-electron chi connectivity index (χ0n) is 9.32. The Morgan fingerprint density at radius 1 is 1.61 bits per heavy atom. The molecule has 2 heterocycles. The summed E-state index contributed by atoms with van der Waals surface area (Å²) in [6.07, 6.45) is 0.357. The van der Waals surface area contributed by atoms with Gasteiger partial charge in [0.05, 0.1) is 0 Å². The fraction of sp³-hybridized carbons (Fsp3) is 0.556. The summed E-state index contributed by atoms with van der Waals surface area (Å²) in [7, 11) is 0. The van der Waals surface area contributed by atoms with Gasteiger partial charge in [-0.3, -0.25) is 9.59 Å². The molecule has 1 aliphatic rings. The van der Waals surface area contributed by atoms with E-state index >= 15 is 0 Å². The van der Waals surface area contributed by atoms with Gasteiger partial charge in [-0.05, 0) is 0 Å². The van der Waals surface area contributed by atoms with Crippen LogP contribution in [-0.4, -0.2) is 45.3 Å². The molecule has 2 rings (SSSR count). The molecule has 0 aliphatic carbocycles. The molecule has 1 aliphatic heterocycles. The van der Waals surface area contributed by atoms with E-state index in [2.05, 4.69) is 20.8 Å². The lowest BCUT2D eigenvalue weighted by Crippen LogP contribution is -2.36. The molecule has 9 heteroatoms. The second kappa shape index (κ2) is 5.30. The minimum Gasteiger partial charge on any atom is -0.352 e. The molecular formula is C9H11ClFN5O2. The maximum absolute atomic E-state index is 12.4. The first-order valence-electron chi connectivity index (χ1n) is 5.35. The smallest absolute Gasteiger partial charge is 0.289 e. The molecular weight excluding hydrogens is 265 g/mol. The first-order chi connectivity index (χ1) is 8.59. The zero-order valence-corrected chi connectivity index (χ0v) is 10.1. The lowest BCUT2D eigenvalue weighted by molar-refractivity contribution is -0.123. The molecule has 0 bridgehead atoms. The minimum absolute atomic E-state index is 0.186. The third kappa shape index (κ3) is 2.58. The van der Waals surface area contributed by atoms with Gasteiger partial charge in [-0.25, -0.2) is 4.39 Å². The number of aromatic nitrogens is 3. The van der Waals surface area contributed by atoms with Gasteiger partial charge in [-0.1, -0.05) is 11.6 Å². The van der Waals surface area contributed by atoms with E-state index in [1.54, 1.807) is 4.57 Å². The van der Waals surface area contributed by atoms with Crippen molar-refractivity contribution in [3.63, 3.8) is 0 Å². The van der Waals surface area contributed by atoms with Gasteiger partial charge in [0.1, 0.15) is 5.82 Å². The summed E-state index contributed by atoms with van der Waals surface area (Å²) in [5.74, 6) is -0.324. The molecule has 7 nitrogen and oxygen atoms in total. The Morgan fingerprint density at radius 2 is 2.39 bits per heavy atom. The average Bonchev–Trinajstić information content (AvgIpc) is 2.74. The van der Waals surface area contributed by atoms with Crippen LogP contribution in [-0.2, 0) is 17.8 Å². The second-order valence-corrected chi connectivity index (χ2v) is 4.07. The van der Waals surface area contributed by atoms with Crippen LogP contribution in [0.1, 0.15) is 16.4 Å². The standard InChI is InChI=1S/C9H11ClFN5O2/c10-6(11)8(17)12-2-1-5-14-15-7-9(18)13-3-4-16(5)7/h6H,1-4H2,(H,12,17)(H,13,18).